The predicted octanol–water partition coefficient (Wildman–Crippen LogP) is 4.65. The number of nitrogens with zero attached hydrogens (tertiary/aromatic N) is 3. The molecule has 188 valence electrons. The molecule has 1 aliphatic heterocycles. The Kier molecular flexibility index (Phi) is 8.52. The number of ether oxygens (including phenoxy) is 1. The van der Waals surface area contributed by atoms with Crippen molar-refractivity contribution in [1.82, 2.24) is 19.6 Å². The fourth-order valence-corrected chi connectivity index (χ4v) is 6.43. The normalized spacial score (nSPS) is 21.6. The topological polar surface area (TPSA) is 67.4 Å². The minimum Gasteiger partial charge on any atom is -0.464 e. The van der Waals surface area contributed by atoms with Gasteiger partial charge in [0, 0.05) is 42.2 Å². The lowest BCUT2D eigenvalue weighted by Crippen LogP contribution is -2.38. The quantitative estimate of drug-likeness (QED) is 0.530. The first-order chi connectivity index (χ1) is 16.2. The molecule has 1 aliphatic carbocycles. The van der Waals surface area contributed by atoms with Crippen molar-refractivity contribution in [1.29, 1.82) is 0 Å². The van der Waals surface area contributed by atoms with Crippen molar-refractivity contribution < 1.29 is 18.3 Å². The van der Waals surface area contributed by atoms with Crippen molar-refractivity contribution in [2.24, 2.45) is 5.92 Å². The fraction of sp³-hybridized carbons (Fsp3) is 0.708. The van der Waals surface area contributed by atoms with Crippen LogP contribution < -0.4 is 10.1 Å². The summed E-state index contributed by atoms with van der Waals surface area (Å²) in [7, 11) is 0. The van der Waals surface area contributed by atoms with E-state index in [1.165, 1.54) is 34.2 Å². The Bertz CT molecular complexity index is 926. The van der Waals surface area contributed by atoms with Gasteiger partial charge in [-0.25, -0.2) is 13.8 Å². The molecule has 1 saturated carbocycles. The third-order valence-electron chi connectivity index (χ3n) is 6.60. The summed E-state index contributed by atoms with van der Waals surface area (Å²) < 4.78 is 35.5. The summed E-state index contributed by atoms with van der Waals surface area (Å²) in [6, 6.07) is 2.28. The van der Waals surface area contributed by atoms with E-state index in [1.54, 1.807) is 0 Å². The monoisotopic (exact) mass is 512 g/mol. The highest BCUT2D eigenvalue weighted by Crippen LogP contribution is 2.30. The van der Waals surface area contributed by atoms with Gasteiger partial charge in [-0.1, -0.05) is 11.3 Å². The second kappa shape index (κ2) is 11.4. The van der Waals surface area contributed by atoms with Crippen molar-refractivity contribution in [3.05, 3.63) is 27.2 Å². The van der Waals surface area contributed by atoms with Crippen molar-refractivity contribution in [3.8, 4) is 5.19 Å². The number of hydrogen-bond acceptors (Lipinski definition) is 7. The third-order valence-corrected chi connectivity index (χ3v) is 8.55. The van der Waals surface area contributed by atoms with Crippen LogP contribution in [0.5, 0.6) is 5.19 Å². The second-order valence-corrected chi connectivity index (χ2v) is 11.7. The number of carbonyl (C=O) groups excluding carboxylic acids is 1. The zero-order valence-corrected chi connectivity index (χ0v) is 21.6. The average molecular weight is 513 g/mol. The third kappa shape index (κ3) is 7.68. The number of hydrogen-bond donors (Lipinski definition) is 1. The van der Waals surface area contributed by atoms with Crippen LogP contribution in [-0.4, -0.2) is 58.4 Å². The van der Waals surface area contributed by atoms with Gasteiger partial charge in [0.1, 0.15) is 0 Å². The molecule has 2 aliphatic rings. The van der Waals surface area contributed by atoms with E-state index >= 15 is 0 Å². The molecule has 0 saturated heterocycles. The molecule has 2 aromatic heterocycles. The number of nitrogens with one attached hydrogen (secondary N) is 1. The minimum atomic E-state index is -2.84. The molecule has 10 heteroatoms. The molecule has 6 nitrogen and oxygen atoms in total. The van der Waals surface area contributed by atoms with E-state index in [-0.39, 0.29) is 5.91 Å². The minimum absolute atomic E-state index is 0.106. The Morgan fingerprint density at radius 3 is 2.74 bits per heavy atom. The summed E-state index contributed by atoms with van der Waals surface area (Å²) in [5.41, 5.74) is 1.98. The van der Waals surface area contributed by atoms with Crippen molar-refractivity contribution >= 4 is 28.8 Å². The Labute approximate surface area is 208 Å². The molecule has 4 rings (SSSR count). The summed E-state index contributed by atoms with van der Waals surface area (Å²) in [5, 5.41) is 3.58. The zero-order valence-electron chi connectivity index (χ0n) is 19.9. The molecule has 0 unspecified atom stereocenters. The number of halogens is 2. The Morgan fingerprint density at radius 1 is 1.26 bits per heavy atom. The number of aryl methyl sites for hydroxylation is 1. The zero-order chi connectivity index (χ0) is 24.1. The van der Waals surface area contributed by atoms with Crippen LogP contribution in [0.15, 0.2) is 6.07 Å². The number of amides is 1. The van der Waals surface area contributed by atoms with Crippen LogP contribution in [0.2, 0.25) is 0 Å². The average Bonchev–Trinajstić information content (AvgIpc) is 3.32. The molecule has 2 aromatic rings. The lowest BCUT2D eigenvalue weighted by molar-refractivity contribution is -0.121. The standard InChI is InChI=1S/C24H34F2N4O2S2/c1-16-13-19(34-29-16)14-22(31)27-18-5-3-17(4-6-18)7-10-30-11-8-20-21(9-12-30)33-23(28-20)32-15-24(2,25)26/h13,17-18H,3-12,14-15H2,1-2H3,(H,27,31)/t17-,18-. The van der Waals surface area contributed by atoms with Crippen LogP contribution in [0, 0.1) is 12.8 Å². The first-order valence-corrected chi connectivity index (χ1v) is 13.8. The van der Waals surface area contributed by atoms with E-state index < -0.39 is 12.5 Å². The summed E-state index contributed by atoms with van der Waals surface area (Å²) in [5.74, 6) is -2.02. The Morgan fingerprint density at radius 2 is 2.03 bits per heavy atom. The SMILES string of the molecule is Cc1cc(CC(=O)N[C@H]2CC[C@H](CCN3CCc4nc(OCC(C)(F)F)sc4CC3)CC2)sn1. The van der Waals surface area contributed by atoms with Gasteiger partial charge in [-0.3, -0.25) is 4.79 Å². The van der Waals surface area contributed by atoms with Gasteiger partial charge < -0.3 is 15.0 Å². The fourth-order valence-electron chi connectivity index (χ4n) is 4.76. The molecule has 3 heterocycles. The molecular weight excluding hydrogens is 478 g/mol. The van der Waals surface area contributed by atoms with Gasteiger partial charge in [-0.15, -0.1) is 0 Å². The molecule has 0 spiro atoms. The van der Waals surface area contributed by atoms with Crippen LogP contribution in [0.4, 0.5) is 8.78 Å². The van der Waals surface area contributed by atoms with Crippen LogP contribution in [0.25, 0.3) is 0 Å². The number of aromatic nitrogens is 2. The maximum atomic E-state index is 13.0. The van der Waals surface area contributed by atoms with Gasteiger partial charge in [-0.05, 0) is 75.5 Å². The van der Waals surface area contributed by atoms with Crippen molar-refractivity contribution in [2.45, 2.75) is 77.2 Å². The van der Waals surface area contributed by atoms with E-state index in [2.05, 4.69) is 19.6 Å². The van der Waals surface area contributed by atoms with E-state index in [4.69, 9.17) is 4.74 Å². The molecule has 0 bridgehead atoms. The van der Waals surface area contributed by atoms with Crippen LogP contribution in [-0.2, 0) is 24.1 Å². The van der Waals surface area contributed by atoms with E-state index in [1.807, 2.05) is 13.0 Å². The molecule has 0 aromatic carbocycles. The number of thiazole rings is 1. The Balaban J connectivity index is 1.13. The van der Waals surface area contributed by atoms with Crippen molar-refractivity contribution in [2.75, 3.05) is 26.2 Å². The highest BCUT2D eigenvalue weighted by atomic mass is 32.1. The number of rotatable bonds is 9. The summed E-state index contributed by atoms with van der Waals surface area (Å²) in [6.07, 6.45) is 7.79. The predicted molar refractivity (Wildman–Crippen MR) is 131 cm³/mol. The molecule has 1 amide bonds. The van der Waals surface area contributed by atoms with Gasteiger partial charge in [0.15, 0.2) is 6.61 Å². The molecular formula is C24H34F2N4O2S2. The van der Waals surface area contributed by atoms with E-state index in [9.17, 15) is 13.6 Å². The highest BCUT2D eigenvalue weighted by Gasteiger charge is 2.26. The lowest BCUT2D eigenvalue weighted by atomic mass is 9.84. The van der Waals surface area contributed by atoms with Gasteiger partial charge in [-0.2, -0.15) is 4.37 Å². The van der Waals surface area contributed by atoms with Gasteiger partial charge in [0.2, 0.25) is 5.91 Å². The Hall–Kier alpha value is -1.65. The molecule has 1 fully saturated rings. The van der Waals surface area contributed by atoms with Crippen LogP contribution >= 0.6 is 22.9 Å². The number of fused-ring (bicyclic) bond motifs is 1. The summed E-state index contributed by atoms with van der Waals surface area (Å²) >= 11 is 2.82. The second-order valence-electron chi connectivity index (χ2n) is 9.74. The first kappa shape index (κ1) is 25.4. The summed E-state index contributed by atoms with van der Waals surface area (Å²) in [4.78, 5) is 21.5. The van der Waals surface area contributed by atoms with E-state index in [0.717, 1.165) is 81.3 Å². The van der Waals surface area contributed by atoms with Crippen LogP contribution in [0.1, 0.15) is 60.2 Å². The molecule has 1 N–H and O–H groups in total. The van der Waals surface area contributed by atoms with Gasteiger partial charge in [0.05, 0.1) is 17.8 Å². The van der Waals surface area contributed by atoms with Gasteiger partial charge in [0.25, 0.3) is 11.1 Å². The van der Waals surface area contributed by atoms with E-state index in [0.29, 0.717) is 23.6 Å². The smallest absolute Gasteiger partial charge is 0.278 e. The summed E-state index contributed by atoms with van der Waals surface area (Å²) in [6.45, 7) is 5.18. The number of carbonyl (C=O) groups is 1. The maximum Gasteiger partial charge on any atom is 0.278 e. The van der Waals surface area contributed by atoms with Gasteiger partial charge >= 0.3 is 0 Å². The van der Waals surface area contributed by atoms with Crippen molar-refractivity contribution in [3.63, 3.8) is 0 Å². The maximum absolute atomic E-state index is 13.0. The largest absolute Gasteiger partial charge is 0.464 e. The molecule has 0 atom stereocenters. The lowest BCUT2D eigenvalue weighted by Gasteiger charge is -2.30. The highest BCUT2D eigenvalue weighted by molar-refractivity contribution is 7.13. The number of alkyl halides is 2. The van der Waals surface area contributed by atoms with Crippen LogP contribution in [0.3, 0.4) is 0 Å². The molecule has 34 heavy (non-hydrogen) atoms. The molecule has 0 radical (unpaired) electrons. The first-order valence-electron chi connectivity index (χ1n) is 12.2.